The molecular formula is C18H16N4O2. The predicted octanol–water partition coefficient (Wildman–Crippen LogP) is 2.08. The lowest BCUT2D eigenvalue weighted by molar-refractivity contribution is -0.115. The number of urea groups is 1. The number of pyridine rings is 1. The lowest BCUT2D eigenvalue weighted by atomic mass is 9.95. The van der Waals surface area contributed by atoms with Crippen LogP contribution < -0.4 is 10.2 Å². The van der Waals surface area contributed by atoms with Gasteiger partial charge in [0.15, 0.2) is 0 Å². The van der Waals surface area contributed by atoms with Crippen LogP contribution in [0.3, 0.4) is 0 Å². The van der Waals surface area contributed by atoms with E-state index in [-0.39, 0.29) is 18.0 Å². The number of rotatable bonds is 2. The fraction of sp³-hybridized carbons (Fsp3) is 0.167. The number of benzene rings is 1. The molecule has 0 spiro atoms. The molecule has 0 aliphatic carbocycles. The second kappa shape index (κ2) is 5.49. The first-order chi connectivity index (χ1) is 11.7. The summed E-state index contributed by atoms with van der Waals surface area (Å²) in [6.07, 6.45) is 3.32. The van der Waals surface area contributed by atoms with Gasteiger partial charge in [-0.15, -0.1) is 0 Å². The summed E-state index contributed by atoms with van der Waals surface area (Å²) in [5.41, 5.74) is 2.93. The molecule has 0 radical (unpaired) electrons. The maximum Gasteiger partial charge on any atom is 0.322 e. The lowest BCUT2D eigenvalue weighted by Crippen LogP contribution is -2.45. The van der Waals surface area contributed by atoms with Crippen molar-refractivity contribution in [3.63, 3.8) is 0 Å². The van der Waals surface area contributed by atoms with Crippen LogP contribution in [0.15, 0.2) is 66.1 Å². The van der Waals surface area contributed by atoms with E-state index in [1.807, 2.05) is 36.4 Å². The Labute approximate surface area is 139 Å². The average molecular weight is 320 g/mol. The Balaban J connectivity index is 1.77. The minimum Gasteiger partial charge on any atom is -0.316 e. The lowest BCUT2D eigenvalue weighted by Gasteiger charge is -2.33. The minimum absolute atomic E-state index is 0.0984. The molecular weight excluding hydrogens is 304 g/mol. The van der Waals surface area contributed by atoms with Crippen LogP contribution in [0.1, 0.15) is 11.6 Å². The SMILES string of the molecule is CN1C(=O)NC2=C(C(=O)N(c3cccnc3)C2)[C@@H]1c1ccccc1. The maximum atomic E-state index is 13.0. The van der Waals surface area contributed by atoms with Gasteiger partial charge in [-0.2, -0.15) is 0 Å². The summed E-state index contributed by atoms with van der Waals surface area (Å²) in [5.74, 6) is -0.0984. The Morgan fingerprint density at radius 3 is 2.62 bits per heavy atom. The normalized spacial score (nSPS) is 20.3. The Kier molecular flexibility index (Phi) is 3.30. The van der Waals surface area contributed by atoms with E-state index in [1.54, 1.807) is 35.3 Å². The first-order valence-electron chi connectivity index (χ1n) is 7.70. The van der Waals surface area contributed by atoms with Crippen molar-refractivity contribution in [1.82, 2.24) is 15.2 Å². The van der Waals surface area contributed by atoms with Gasteiger partial charge in [0.25, 0.3) is 5.91 Å². The highest BCUT2D eigenvalue weighted by atomic mass is 16.2. The van der Waals surface area contributed by atoms with E-state index in [9.17, 15) is 9.59 Å². The molecule has 2 aromatic rings. The second-order valence-electron chi connectivity index (χ2n) is 5.85. The summed E-state index contributed by atoms with van der Waals surface area (Å²) in [5, 5.41) is 2.84. The average Bonchev–Trinajstić information content (AvgIpc) is 2.94. The molecule has 1 N–H and O–H groups in total. The molecule has 0 fully saturated rings. The zero-order chi connectivity index (χ0) is 16.7. The second-order valence-corrected chi connectivity index (χ2v) is 5.85. The molecule has 120 valence electrons. The van der Waals surface area contributed by atoms with Crippen LogP contribution in [-0.2, 0) is 4.79 Å². The van der Waals surface area contributed by atoms with Gasteiger partial charge in [0, 0.05) is 13.2 Å². The van der Waals surface area contributed by atoms with Gasteiger partial charge in [-0.1, -0.05) is 30.3 Å². The van der Waals surface area contributed by atoms with Crippen molar-refractivity contribution in [2.75, 3.05) is 18.5 Å². The van der Waals surface area contributed by atoms with Gasteiger partial charge < -0.3 is 15.1 Å². The summed E-state index contributed by atoms with van der Waals surface area (Å²) in [7, 11) is 1.71. The summed E-state index contributed by atoms with van der Waals surface area (Å²) >= 11 is 0. The van der Waals surface area contributed by atoms with Crippen LogP contribution in [-0.4, -0.2) is 35.4 Å². The third-order valence-electron chi connectivity index (χ3n) is 4.43. The molecule has 0 unspecified atom stereocenters. The summed E-state index contributed by atoms with van der Waals surface area (Å²) in [4.78, 5) is 32.6. The Hall–Kier alpha value is -3.15. The molecule has 0 saturated heterocycles. The van der Waals surface area contributed by atoms with E-state index in [4.69, 9.17) is 0 Å². The first kappa shape index (κ1) is 14.4. The fourth-order valence-electron chi connectivity index (χ4n) is 3.25. The van der Waals surface area contributed by atoms with Crippen LogP contribution in [0.2, 0.25) is 0 Å². The zero-order valence-electron chi connectivity index (χ0n) is 13.1. The maximum absolute atomic E-state index is 13.0. The molecule has 2 aliphatic rings. The van der Waals surface area contributed by atoms with E-state index < -0.39 is 0 Å². The van der Waals surface area contributed by atoms with Gasteiger partial charge in [-0.3, -0.25) is 9.78 Å². The Morgan fingerprint density at radius 1 is 1.12 bits per heavy atom. The van der Waals surface area contributed by atoms with Gasteiger partial charge in [-0.25, -0.2) is 4.79 Å². The smallest absolute Gasteiger partial charge is 0.316 e. The standard InChI is InChI=1S/C18H16N4O2/c1-21-16(12-6-3-2-4-7-12)15-14(20-18(21)24)11-22(17(15)23)13-8-5-9-19-10-13/h2-10,16H,11H2,1H3,(H,20,24)/t16-/m0/s1. The van der Waals surface area contributed by atoms with Crippen molar-refractivity contribution in [2.45, 2.75) is 6.04 Å². The third kappa shape index (κ3) is 2.15. The quantitative estimate of drug-likeness (QED) is 0.921. The molecule has 3 amide bonds. The largest absolute Gasteiger partial charge is 0.322 e. The van der Waals surface area contributed by atoms with Gasteiger partial charge in [0.2, 0.25) is 0 Å². The molecule has 3 heterocycles. The highest BCUT2D eigenvalue weighted by Gasteiger charge is 2.43. The van der Waals surface area contributed by atoms with Crippen LogP contribution >= 0.6 is 0 Å². The number of nitrogens with one attached hydrogen (secondary N) is 1. The van der Waals surface area contributed by atoms with Gasteiger partial charge >= 0.3 is 6.03 Å². The molecule has 0 saturated carbocycles. The molecule has 6 heteroatoms. The van der Waals surface area contributed by atoms with Crippen molar-refractivity contribution in [3.8, 4) is 0 Å². The fourth-order valence-corrected chi connectivity index (χ4v) is 3.25. The topological polar surface area (TPSA) is 65.5 Å². The number of hydrogen-bond donors (Lipinski definition) is 1. The van der Waals surface area contributed by atoms with Crippen molar-refractivity contribution in [2.24, 2.45) is 0 Å². The number of amides is 3. The molecule has 1 atom stereocenters. The van der Waals surface area contributed by atoms with Crippen LogP contribution in [0.5, 0.6) is 0 Å². The molecule has 0 bridgehead atoms. The van der Waals surface area contributed by atoms with Gasteiger partial charge in [-0.05, 0) is 17.7 Å². The van der Waals surface area contributed by atoms with E-state index in [0.717, 1.165) is 11.3 Å². The molecule has 1 aromatic carbocycles. The Bertz CT molecular complexity index is 833. The highest BCUT2D eigenvalue weighted by Crippen LogP contribution is 2.38. The van der Waals surface area contributed by atoms with Crippen molar-refractivity contribution in [1.29, 1.82) is 0 Å². The van der Waals surface area contributed by atoms with E-state index in [0.29, 0.717) is 17.8 Å². The highest BCUT2D eigenvalue weighted by molar-refractivity contribution is 6.11. The number of likely N-dealkylation sites (N-methyl/N-ethyl adjacent to an activating group) is 1. The van der Waals surface area contributed by atoms with Crippen LogP contribution in [0.25, 0.3) is 0 Å². The summed E-state index contributed by atoms with van der Waals surface area (Å²) in [6, 6.07) is 12.6. The molecule has 4 rings (SSSR count). The summed E-state index contributed by atoms with van der Waals surface area (Å²) < 4.78 is 0. The first-order valence-corrected chi connectivity index (χ1v) is 7.70. The Morgan fingerprint density at radius 2 is 1.92 bits per heavy atom. The van der Waals surface area contributed by atoms with E-state index in [1.165, 1.54) is 0 Å². The molecule has 1 aromatic heterocycles. The number of hydrogen-bond acceptors (Lipinski definition) is 3. The number of anilines is 1. The van der Waals surface area contributed by atoms with E-state index in [2.05, 4.69) is 10.3 Å². The van der Waals surface area contributed by atoms with Crippen LogP contribution in [0.4, 0.5) is 10.5 Å². The predicted molar refractivity (Wildman–Crippen MR) is 89.1 cm³/mol. The summed E-state index contributed by atoms with van der Waals surface area (Å²) in [6.45, 7) is 0.350. The van der Waals surface area contributed by atoms with Crippen molar-refractivity contribution >= 4 is 17.6 Å². The molecule has 6 nitrogen and oxygen atoms in total. The number of carbonyl (C=O) groups excluding carboxylic acids is 2. The van der Waals surface area contributed by atoms with Crippen LogP contribution in [0, 0.1) is 0 Å². The molecule has 2 aliphatic heterocycles. The van der Waals surface area contributed by atoms with Gasteiger partial charge in [0.1, 0.15) is 0 Å². The minimum atomic E-state index is -0.385. The van der Waals surface area contributed by atoms with E-state index >= 15 is 0 Å². The monoisotopic (exact) mass is 320 g/mol. The number of nitrogens with zero attached hydrogens (tertiary/aromatic N) is 3. The zero-order valence-corrected chi connectivity index (χ0v) is 13.1. The third-order valence-corrected chi connectivity index (χ3v) is 4.43. The molecule has 24 heavy (non-hydrogen) atoms. The number of carbonyl (C=O) groups is 2. The number of aromatic nitrogens is 1. The van der Waals surface area contributed by atoms with Crippen molar-refractivity contribution < 1.29 is 9.59 Å². The van der Waals surface area contributed by atoms with Gasteiger partial charge in [0.05, 0.1) is 35.7 Å². The van der Waals surface area contributed by atoms with Crippen molar-refractivity contribution in [3.05, 3.63) is 71.7 Å².